The van der Waals surface area contributed by atoms with Gasteiger partial charge in [0.25, 0.3) is 5.92 Å². The van der Waals surface area contributed by atoms with Crippen LogP contribution in [0.4, 0.5) is 14.5 Å². The average molecular weight is 257 g/mol. The van der Waals surface area contributed by atoms with Gasteiger partial charge in [0, 0.05) is 12.1 Å². The average Bonchev–Trinajstić information content (AvgIpc) is 2.32. The molecule has 0 fully saturated rings. The molecule has 0 saturated heterocycles. The molecule has 0 aliphatic carbocycles. The van der Waals surface area contributed by atoms with Crippen LogP contribution in [0.3, 0.4) is 0 Å². The molecule has 100 valence electrons. The molecule has 0 heterocycles. The SMILES string of the molecule is CCC(F)(F)COc1cc(C)c(NC=O)cc1C. The van der Waals surface area contributed by atoms with Crippen molar-refractivity contribution in [2.45, 2.75) is 33.1 Å². The van der Waals surface area contributed by atoms with Gasteiger partial charge in [-0.2, -0.15) is 0 Å². The number of carbonyl (C=O) groups is 1. The van der Waals surface area contributed by atoms with Crippen LogP contribution in [0.2, 0.25) is 0 Å². The minimum atomic E-state index is -2.82. The number of alkyl halides is 2. The second-order valence-corrected chi connectivity index (χ2v) is 4.19. The Kier molecular flexibility index (Phi) is 4.64. The monoisotopic (exact) mass is 257 g/mol. The molecule has 5 heteroatoms. The summed E-state index contributed by atoms with van der Waals surface area (Å²) in [7, 11) is 0. The first-order valence-corrected chi connectivity index (χ1v) is 5.71. The summed E-state index contributed by atoms with van der Waals surface area (Å²) in [5.41, 5.74) is 2.12. The highest BCUT2D eigenvalue weighted by Crippen LogP contribution is 2.28. The number of aryl methyl sites for hydroxylation is 2. The molecule has 3 nitrogen and oxygen atoms in total. The van der Waals surface area contributed by atoms with E-state index in [1.54, 1.807) is 26.0 Å². The van der Waals surface area contributed by atoms with Gasteiger partial charge in [0.15, 0.2) is 6.61 Å². The van der Waals surface area contributed by atoms with E-state index in [2.05, 4.69) is 5.32 Å². The van der Waals surface area contributed by atoms with Crippen LogP contribution in [0, 0.1) is 13.8 Å². The number of carbonyl (C=O) groups excluding carboxylic acids is 1. The van der Waals surface area contributed by atoms with E-state index in [0.717, 1.165) is 5.56 Å². The van der Waals surface area contributed by atoms with E-state index < -0.39 is 12.5 Å². The van der Waals surface area contributed by atoms with Gasteiger partial charge in [-0.05, 0) is 37.1 Å². The summed E-state index contributed by atoms with van der Waals surface area (Å²) in [5, 5.41) is 2.54. The highest BCUT2D eigenvalue weighted by atomic mass is 19.3. The fraction of sp³-hybridized carbons (Fsp3) is 0.462. The van der Waals surface area contributed by atoms with E-state index in [1.165, 1.54) is 6.92 Å². The van der Waals surface area contributed by atoms with Gasteiger partial charge in [-0.25, -0.2) is 8.78 Å². The van der Waals surface area contributed by atoms with Gasteiger partial charge >= 0.3 is 0 Å². The summed E-state index contributed by atoms with van der Waals surface area (Å²) < 4.78 is 31.3. The van der Waals surface area contributed by atoms with Crippen molar-refractivity contribution < 1.29 is 18.3 Å². The summed E-state index contributed by atoms with van der Waals surface area (Å²) in [6, 6.07) is 3.34. The molecule has 0 saturated carbocycles. The normalized spacial score (nSPS) is 11.2. The molecule has 0 spiro atoms. The molecule has 0 radical (unpaired) electrons. The number of hydrogen-bond acceptors (Lipinski definition) is 2. The van der Waals surface area contributed by atoms with Gasteiger partial charge in [0.05, 0.1) is 0 Å². The number of ether oxygens (including phenoxy) is 1. The highest BCUT2D eigenvalue weighted by molar-refractivity contribution is 5.74. The van der Waals surface area contributed by atoms with E-state index in [9.17, 15) is 13.6 Å². The smallest absolute Gasteiger partial charge is 0.281 e. The minimum absolute atomic E-state index is 0.254. The van der Waals surface area contributed by atoms with Crippen molar-refractivity contribution in [1.82, 2.24) is 0 Å². The van der Waals surface area contributed by atoms with Crippen LogP contribution in [0.5, 0.6) is 5.75 Å². The number of halogens is 2. The quantitative estimate of drug-likeness (QED) is 0.794. The van der Waals surface area contributed by atoms with Crippen molar-refractivity contribution in [2.75, 3.05) is 11.9 Å². The third kappa shape index (κ3) is 3.68. The fourth-order valence-corrected chi connectivity index (χ4v) is 1.45. The van der Waals surface area contributed by atoms with Crippen molar-refractivity contribution >= 4 is 12.1 Å². The zero-order valence-electron chi connectivity index (χ0n) is 10.7. The van der Waals surface area contributed by atoms with Crippen molar-refractivity contribution in [1.29, 1.82) is 0 Å². The van der Waals surface area contributed by atoms with Gasteiger partial charge in [-0.1, -0.05) is 6.92 Å². The molecule has 1 aromatic carbocycles. The Morgan fingerprint density at radius 3 is 2.56 bits per heavy atom. The molecule has 0 atom stereocenters. The van der Waals surface area contributed by atoms with E-state index in [-0.39, 0.29) is 6.42 Å². The van der Waals surface area contributed by atoms with Crippen LogP contribution in [0.1, 0.15) is 24.5 Å². The molecule has 0 unspecified atom stereocenters. The lowest BCUT2D eigenvalue weighted by molar-refractivity contribution is -0.105. The Balaban J connectivity index is 2.85. The van der Waals surface area contributed by atoms with Gasteiger partial charge in [0.1, 0.15) is 5.75 Å². The molecule has 0 aromatic heterocycles. The van der Waals surface area contributed by atoms with E-state index in [0.29, 0.717) is 23.4 Å². The van der Waals surface area contributed by atoms with E-state index >= 15 is 0 Å². The summed E-state index contributed by atoms with van der Waals surface area (Å²) in [4.78, 5) is 10.4. The van der Waals surface area contributed by atoms with Crippen molar-refractivity contribution in [3.05, 3.63) is 23.3 Å². The lowest BCUT2D eigenvalue weighted by atomic mass is 10.1. The van der Waals surface area contributed by atoms with Gasteiger partial charge in [-0.15, -0.1) is 0 Å². The predicted octanol–water partition coefficient (Wildman–Crippen LogP) is 3.30. The summed E-state index contributed by atoms with van der Waals surface area (Å²) in [5.74, 6) is -2.41. The molecule has 0 aliphatic rings. The number of benzene rings is 1. The second-order valence-electron chi connectivity index (χ2n) is 4.19. The minimum Gasteiger partial charge on any atom is -0.487 e. The van der Waals surface area contributed by atoms with Gasteiger partial charge in [-0.3, -0.25) is 4.79 Å². The molecule has 1 amide bonds. The fourth-order valence-electron chi connectivity index (χ4n) is 1.45. The lowest BCUT2D eigenvalue weighted by Gasteiger charge is -2.17. The molecule has 18 heavy (non-hydrogen) atoms. The van der Waals surface area contributed by atoms with Crippen LogP contribution < -0.4 is 10.1 Å². The number of amides is 1. The summed E-state index contributed by atoms with van der Waals surface area (Å²) >= 11 is 0. The zero-order chi connectivity index (χ0) is 13.8. The number of rotatable bonds is 6. The first-order valence-electron chi connectivity index (χ1n) is 5.71. The third-order valence-corrected chi connectivity index (χ3v) is 2.69. The molecule has 1 aromatic rings. The maximum Gasteiger partial charge on any atom is 0.281 e. The Morgan fingerprint density at radius 2 is 2.00 bits per heavy atom. The number of anilines is 1. The predicted molar refractivity (Wildman–Crippen MR) is 66.3 cm³/mol. The molecular weight excluding hydrogens is 240 g/mol. The highest BCUT2D eigenvalue weighted by Gasteiger charge is 2.27. The zero-order valence-corrected chi connectivity index (χ0v) is 10.7. The number of nitrogens with one attached hydrogen (secondary N) is 1. The largest absolute Gasteiger partial charge is 0.487 e. The standard InChI is InChI=1S/C13H17F2NO2/c1-4-13(14,15)7-18-12-6-9(2)11(16-8-17)5-10(12)3/h5-6,8H,4,7H2,1-3H3,(H,16,17). The third-order valence-electron chi connectivity index (χ3n) is 2.69. The van der Waals surface area contributed by atoms with Crippen LogP contribution in [-0.4, -0.2) is 18.9 Å². The Bertz CT molecular complexity index is 433. The maximum absolute atomic E-state index is 13.1. The van der Waals surface area contributed by atoms with E-state index in [1.807, 2.05) is 0 Å². The van der Waals surface area contributed by atoms with Crippen molar-refractivity contribution in [2.24, 2.45) is 0 Å². The van der Waals surface area contributed by atoms with Crippen molar-refractivity contribution in [3.63, 3.8) is 0 Å². The van der Waals surface area contributed by atoms with Crippen LogP contribution in [0.25, 0.3) is 0 Å². The van der Waals surface area contributed by atoms with Crippen LogP contribution in [-0.2, 0) is 4.79 Å². The van der Waals surface area contributed by atoms with E-state index in [4.69, 9.17) is 4.74 Å². The summed E-state index contributed by atoms with van der Waals surface area (Å²) in [6.45, 7) is 4.30. The first kappa shape index (κ1) is 14.4. The maximum atomic E-state index is 13.1. The lowest BCUT2D eigenvalue weighted by Crippen LogP contribution is -2.24. The van der Waals surface area contributed by atoms with Crippen molar-refractivity contribution in [3.8, 4) is 5.75 Å². The van der Waals surface area contributed by atoms with Crippen LogP contribution >= 0.6 is 0 Å². The van der Waals surface area contributed by atoms with Crippen LogP contribution in [0.15, 0.2) is 12.1 Å². The van der Waals surface area contributed by atoms with Gasteiger partial charge < -0.3 is 10.1 Å². The molecule has 0 aliphatic heterocycles. The Morgan fingerprint density at radius 1 is 1.33 bits per heavy atom. The number of hydrogen-bond donors (Lipinski definition) is 1. The van der Waals surface area contributed by atoms with Gasteiger partial charge in [0.2, 0.25) is 6.41 Å². The first-order chi connectivity index (χ1) is 8.39. The molecular formula is C13H17F2NO2. The topological polar surface area (TPSA) is 38.3 Å². The Hall–Kier alpha value is -1.65. The second kappa shape index (κ2) is 5.80. The summed E-state index contributed by atoms with van der Waals surface area (Å²) in [6.07, 6.45) is 0.323. The molecule has 0 bridgehead atoms. The Labute approximate surface area is 105 Å². The molecule has 1 N–H and O–H groups in total. The molecule has 1 rings (SSSR count).